The first-order valence-electron chi connectivity index (χ1n) is 9.23. The Kier molecular flexibility index (Phi) is 6.11. The summed E-state index contributed by atoms with van der Waals surface area (Å²) >= 11 is 14.7. The predicted octanol–water partition coefficient (Wildman–Crippen LogP) is 7.39. The molecular weight excluding hydrogens is 568 g/mol. The molecular formula is C22H14Cl2IN3O4. The lowest BCUT2D eigenvalue weighted by Gasteiger charge is -2.10. The molecule has 4 rings (SSSR count). The second kappa shape index (κ2) is 8.68. The molecule has 32 heavy (non-hydrogen) atoms. The van der Waals surface area contributed by atoms with E-state index >= 15 is 0 Å². The van der Waals surface area contributed by atoms with Crippen molar-refractivity contribution in [3.05, 3.63) is 76.8 Å². The van der Waals surface area contributed by atoms with Crippen LogP contribution in [0.25, 0.3) is 22.6 Å². The molecule has 0 radical (unpaired) electrons. The Morgan fingerprint density at radius 1 is 1.19 bits per heavy atom. The molecule has 0 saturated carbocycles. The highest BCUT2D eigenvalue weighted by molar-refractivity contribution is 14.1. The number of rotatable bonds is 4. The van der Waals surface area contributed by atoms with Crippen LogP contribution in [0.1, 0.15) is 16.7 Å². The Bertz CT molecular complexity index is 1430. The fourth-order valence-electron chi connectivity index (χ4n) is 3.28. The first-order valence-corrected chi connectivity index (χ1v) is 11.1. The molecule has 0 amide bonds. The van der Waals surface area contributed by atoms with Gasteiger partial charge >= 0.3 is 5.69 Å². The van der Waals surface area contributed by atoms with Crippen LogP contribution in [0.5, 0.6) is 5.75 Å². The first-order chi connectivity index (χ1) is 15.2. The quantitative estimate of drug-likeness (QED) is 0.117. The first kappa shape index (κ1) is 22.5. The molecule has 3 aromatic carbocycles. The molecule has 4 aromatic rings. The predicted molar refractivity (Wildman–Crippen MR) is 134 cm³/mol. The third kappa shape index (κ3) is 4.05. The van der Waals surface area contributed by atoms with Crippen LogP contribution in [0.4, 0.5) is 11.4 Å². The molecule has 0 aliphatic heterocycles. The molecule has 1 heterocycles. The van der Waals surface area contributed by atoms with Crippen LogP contribution in [-0.4, -0.2) is 21.2 Å². The smallest absolute Gasteiger partial charge is 0.315 e. The number of benzene rings is 3. The summed E-state index contributed by atoms with van der Waals surface area (Å²) in [6.07, 6.45) is 1.35. The summed E-state index contributed by atoms with van der Waals surface area (Å²) in [5.74, 6) is -0.0876. The minimum absolute atomic E-state index is 0.180. The maximum Gasteiger partial charge on any atom is 0.315 e. The van der Waals surface area contributed by atoms with E-state index in [1.165, 1.54) is 13.1 Å². The molecule has 0 saturated heterocycles. The number of phenolic OH excluding ortho intramolecular Hbond substituents is 1. The fourth-order valence-corrected chi connectivity index (χ4v) is 4.16. The summed E-state index contributed by atoms with van der Waals surface area (Å²) in [5, 5.41) is 22.5. The van der Waals surface area contributed by atoms with Crippen molar-refractivity contribution in [1.29, 1.82) is 0 Å². The van der Waals surface area contributed by atoms with Gasteiger partial charge in [0.05, 0.1) is 26.2 Å². The molecule has 1 aromatic heterocycles. The van der Waals surface area contributed by atoms with E-state index in [-0.39, 0.29) is 16.1 Å². The van der Waals surface area contributed by atoms with Gasteiger partial charge in [0.15, 0.2) is 5.58 Å². The highest BCUT2D eigenvalue weighted by Gasteiger charge is 2.25. The number of halogens is 3. The third-order valence-corrected chi connectivity index (χ3v) is 6.52. The zero-order chi connectivity index (χ0) is 23.2. The van der Waals surface area contributed by atoms with Gasteiger partial charge in [-0.25, -0.2) is 4.98 Å². The zero-order valence-electron chi connectivity index (χ0n) is 16.7. The second-order valence-corrected chi connectivity index (χ2v) is 9.02. The number of oxazole rings is 1. The molecule has 0 unspecified atom stereocenters. The van der Waals surface area contributed by atoms with E-state index in [2.05, 4.69) is 32.6 Å². The maximum absolute atomic E-state index is 11.4. The zero-order valence-corrected chi connectivity index (χ0v) is 20.4. The van der Waals surface area contributed by atoms with E-state index in [9.17, 15) is 15.2 Å². The van der Waals surface area contributed by atoms with Gasteiger partial charge in [0.25, 0.3) is 0 Å². The molecule has 0 aliphatic carbocycles. The van der Waals surface area contributed by atoms with Crippen LogP contribution in [0.3, 0.4) is 0 Å². The lowest BCUT2D eigenvalue weighted by Crippen LogP contribution is -1.99. The number of fused-ring (bicyclic) bond motifs is 1. The number of phenols is 1. The summed E-state index contributed by atoms with van der Waals surface area (Å²) in [5.41, 5.74) is 2.77. The lowest BCUT2D eigenvalue weighted by molar-refractivity contribution is -0.386. The van der Waals surface area contributed by atoms with Crippen LogP contribution < -0.4 is 0 Å². The fraction of sp³-hybridized carbons (Fsp3) is 0.0909. The van der Waals surface area contributed by atoms with Crippen molar-refractivity contribution < 1.29 is 14.4 Å². The normalized spacial score (nSPS) is 11.5. The van der Waals surface area contributed by atoms with E-state index in [0.29, 0.717) is 38.8 Å². The van der Waals surface area contributed by atoms with Gasteiger partial charge in [0, 0.05) is 20.9 Å². The average molecular weight is 582 g/mol. The van der Waals surface area contributed by atoms with E-state index in [1.807, 2.05) is 12.1 Å². The number of aromatic nitrogens is 1. The number of aromatic hydroxyl groups is 1. The Balaban J connectivity index is 1.75. The molecule has 10 heteroatoms. The number of hydrogen-bond donors (Lipinski definition) is 1. The number of nitro benzene ring substituents is 1. The van der Waals surface area contributed by atoms with Crippen molar-refractivity contribution in [2.75, 3.05) is 0 Å². The number of nitrogens with zero attached hydrogens (tertiary/aromatic N) is 3. The molecule has 7 nitrogen and oxygen atoms in total. The Morgan fingerprint density at radius 2 is 1.94 bits per heavy atom. The lowest BCUT2D eigenvalue weighted by atomic mass is 10.0. The van der Waals surface area contributed by atoms with Crippen LogP contribution in [0.2, 0.25) is 10.0 Å². The third-order valence-electron chi connectivity index (χ3n) is 4.95. The van der Waals surface area contributed by atoms with Crippen molar-refractivity contribution in [3.8, 4) is 17.2 Å². The van der Waals surface area contributed by atoms with Crippen molar-refractivity contribution in [3.63, 3.8) is 0 Å². The number of aliphatic imine (C=N–C) groups is 1. The van der Waals surface area contributed by atoms with Crippen molar-refractivity contribution in [2.45, 2.75) is 13.8 Å². The molecule has 1 N–H and O–H groups in total. The second-order valence-electron chi connectivity index (χ2n) is 6.99. The Hall–Kier alpha value is -2.69. The van der Waals surface area contributed by atoms with Gasteiger partial charge < -0.3 is 9.52 Å². The van der Waals surface area contributed by atoms with E-state index in [1.54, 1.807) is 31.2 Å². The van der Waals surface area contributed by atoms with Crippen molar-refractivity contribution in [1.82, 2.24) is 4.98 Å². The minimum Gasteiger partial charge on any atom is -0.502 e. The van der Waals surface area contributed by atoms with Gasteiger partial charge in [-0.2, -0.15) is 0 Å². The highest BCUT2D eigenvalue weighted by atomic mass is 127. The molecule has 0 spiro atoms. The summed E-state index contributed by atoms with van der Waals surface area (Å²) in [7, 11) is 0. The molecule has 0 atom stereocenters. The Labute approximate surface area is 206 Å². The maximum atomic E-state index is 11.4. The summed E-state index contributed by atoms with van der Waals surface area (Å²) < 4.78 is 6.83. The van der Waals surface area contributed by atoms with Crippen LogP contribution >= 0.6 is 45.8 Å². The van der Waals surface area contributed by atoms with Crippen LogP contribution in [0.15, 0.2) is 45.8 Å². The number of nitro groups is 1. The molecule has 0 fully saturated rings. The highest BCUT2D eigenvalue weighted by Crippen LogP contribution is 2.40. The number of hydrogen-bond acceptors (Lipinski definition) is 6. The summed E-state index contributed by atoms with van der Waals surface area (Å²) in [6.45, 7) is 3.16. The van der Waals surface area contributed by atoms with Gasteiger partial charge in [-0.3, -0.25) is 15.1 Å². The van der Waals surface area contributed by atoms with Gasteiger partial charge in [-0.05, 0) is 78.4 Å². The van der Waals surface area contributed by atoms with Gasteiger partial charge in [0.1, 0.15) is 5.52 Å². The van der Waals surface area contributed by atoms with Crippen LogP contribution in [0, 0.1) is 27.5 Å². The van der Waals surface area contributed by atoms with Gasteiger partial charge in [0.2, 0.25) is 11.6 Å². The summed E-state index contributed by atoms with van der Waals surface area (Å²) in [4.78, 5) is 19.6. The summed E-state index contributed by atoms with van der Waals surface area (Å²) in [6, 6.07) is 10.7. The largest absolute Gasteiger partial charge is 0.502 e. The van der Waals surface area contributed by atoms with E-state index < -0.39 is 16.4 Å². The topological polar surface area (TPSA) is 102 Å². The van der Waals surface area contributed by atoms with Crippen molar-refractivity contribution in [2.24, 2.45) is 4.99 Å². The van der Waals surface area contributed by atoms with Gasteiger partial charge in [-0.15, -0.1) is 0 Å². The van der Waals surface area contributed by atoms with Crippen molar-refractivity contribution >= 4 is 74.5 Å². The SMILES string of the molecule is Cc1c(Cl)c(C)c([N+](=O)[O-])c(O)c1C=Nc1ccc2oc(-c3cc(I)ccc3Cl)nc2c1. The Morgan fingerprint density at radius 3 is 2.66 bits per heavy atom. The van der Waals surface area contributed by atoms with E-state index in [4.69, 9.17) is 27.6 Å². The van der Waals surface area contributed by atoms with Gasteiger partial charge in [-0.1, -0.05) is 23.2 Å². The monoisotopic (exact) mass is 581 g/mol. The average Bonchev–Trinajstić information content (AvgIpc) is 3.17. The molecule has 0 bridgehead atoms. The van der Waals surface area contributed by atoms with Crippen LogP contribution in [-0.2, 0) is 0 Å². The standard InChI is InChI=1S/C22H14Cl2IN3O4/c1-10-15(21(29)20(28(30)31)11(2)19(10)24)9-26-13-4-6-18-17(8-13)27-22(32-18)14-7-12(25)3-5-16(14)23/h3-9,29H,1-2H3. The molecule has 162 valence electrons. The minimum atomic E-state index is -0.661. The molecule has 0 aliphatic rings. The van der Waals surface area contributed by atoms with E-state index in [0.717, 1.165) is 3.57 Å².